The Balaban J connectivity index is 1.52. The van der Waals surface area contributed by atoms with E-state index in [-0.39, 0.29) is 22.7 Å². The molecule has 1 atom stereocenters. The van der Waals surface area contributed by atoms with Crippen molar-refractivity contribution in [3.8, 4) is 5.69 Å². The Bertz CT molecular complexity index is 1120. The molecule has 1 aliphatic rings. The summed E-state index contributed by atoms with van der Waals surface area (Å²) in [6.07, 6.45) is 0. The van der Waals surface area contributed by atoms with Crippen LogP contribution in [0.5, 0.6) is 0 Å². The van der Waals surface area contributed by atoms with Crippen molar-refractivity contribution in [3.05, 3.63) is 75.3 Å². The van der Waals surface area contributed by atoms with Gasteiger partial charge < -0.3 is 10.1 Å². The highest BCUT2D eigenvalue weighted by atomic mass is 35.5. The van der Waals surface area contributed by atoms with Gasteiger partial charge in [0.05, 0.1) is 35.7 Å². The lowest BCUT2D eigenvalue weighted by molar-refractivity contribution is 0.0162. The summed E-state index contributed by atoms with van der Waals surface area (Å²) >= 11 is 12.1. The van der Waals surface area contributed by atoms with E-state index in [0.717, 1.165) is 18.7 Å². The van der Waals surface area contributed by atoms with Crippen molar-refractivity contribution in [1.29, 1.82) is 0 Å². The molecule has 7 nitrogen and oxygen atoms in total. The van der Waals surface area contributed by atoms with Crippen LogP contribution in [0.25, 0.3) is 5.69 Å². The number of hydrogen-bond donors (Lipinski definition) is 1. The Labute approximate surface area is 195 Å². The van der Waals surface area contributed by atoms with Crippen molar-refractivity contribution in [3.63, 3.8) is 0 Å². The number of morpholine rings is 1. The minimum Gasteiger partial charge on any atom is -0.379 e. The van der Waals surface area contributed by atoms with Crippen molar-refractivity contribution in [2.24, 2.45) is 0 Å². The van der Waals surface area contributed by atoms with Crippen LogP contribution in [-0.4, -0.2) is 58.6 Å². The van der Waals surface area contributed by atoms with E-state index in [9.17, 15) is 9.18 Å². The molecule has 1 saturated heterocycles. The Morgan fingerprint density at radius 2 is 2.00 bits per heavy atom. The highest BCUT2D eigenvalue weighted by Crippen LogP contribution is 2.24. The molecule has 1 N–H and O–H groups in total. The fourth-order valence-electron chi connectivity index (χ4n) is 3.73. The van der Waals surface area contributed by atoms with Gasteiger partial charge in [0.25, 0.3) is 5.91 Å². The van der Waals surface area contributed by atoms with Gasteiger partial charge in [0.1, 0.15) is 5.82 Å². The number of nitrogens with zero attached hydrogens (tertiary/aromatic N) is 4. The molecule has 2 heterocycles. The molecule has 0 radical (unpaired) electrons. The van der Waals surface area contributed by atoms with Crippen LogP contribution in [0.15, 0.2) is 42.5 Å². The van der Waals surface area contributed by atoms with Crippen LogP contribution in [0.4, 0.5) is 4.39 Å². The van der Waals surface area contributed by atoms with Gasteiger partial charge in [-0.3, -0.25) is 9.69 Å². The molecule has 0 spiro atoms. The standard InChI is InChI=1S/C22H22Cl2FN5O2/c1-14-21(27-28-30(14)17-5-6-19(25)18(24)12-17)22(31)26-13-20(29-7-9-32-10-8-29)15-3-2-4-16(23)11-15/h2-6,11-12,20H,7-10,13H2,1H3,(H,26,31). The molecule has 2 aromatic carbocycles. The van der Waals surface area contributed by atoms with Gasteiger partial charge in [0.15, 0.2) is 5.69 Å². The summed E-state index contributed by atoms with van der Waals surface area (Å²) in [6.45, 7) is 4.88. The Kier molecular flexibility index (Phi) is 7.05. The molecule has 1 aliphatic heterocycles. The second-order valence-electron chi connectivity index (χ2n) is 7.46. The van der Waals surface area contributed by atoms with Gasteiger partial charge in [0.2, 0.25) is 0 Å². The van der Waals surface area contributed by atoms with Gasteiger partial charge in [0, 0.05) is 24.7 Å². The molecule has 1 fully saturated rings. The normalized spacial score (nSPS) is 15.5. The molecule has 4 rings (SSSR count). The lowest BCUT2D eigenvalue weighted by Crippen LogP contribution is -2.44. The number of benzene rings is 2. The molecule has 0 bridgehead atoms. The smallest absolute Gasteiger partial charge is 0.273 e. The van der Waals surface area contributed by atoms with Gasteiger partial charge in [-0.2, -0.15) is 0 Å². The number of ether oxygens (including phenoxy) is 1. The number of aromatic nitrogens is 3. The fourth-order valence-corrected chi connectivity index (χ4v) is 4.11. The first-order valence-corrected chi connectivity index (χ1v) is 10.9. The molecule has 168 valence electrons. The van der Waals surface area contributed by atoms with Crippen molar-refractivity contribution < 1.29 is 13.9 Å². The zero-order valence-corrected chi connectivity index (χ0v) is 18.9. The summed E-state index contributed by atoms with van der Waals surface area (Å²) in [6, 6.07) is 11.8. The summed E-state index contributed by atoms with van der Waals surface area (Å²) in [5.41, 5.74) is 2.25. The average Bonchev–Trinajstić information content (AvgIpc) is 3.18. The van der Waals surface area contributed by atoms with Crippen molar-refractivity contribution in [1.82, 2.24) is 25.2 Å². The van der Waals surface area contributed by atoms with E-state index >= 15 is 0 Å². The lowest BCUT2D eigenvalue weighted by Gasteiger charge is -2.35. The maximum Gasteiger partial charge on any atom is 0.273 e. The quantitative estimate of drug-likeness (QED) is 0.583. The van der Waals surface area contributed by atoms with Gasteiger partial charge in [-0.05, 0) is 42.8 Å². The number of rotatable bonds is 6. The summed E-state index contributed by atoms with van der Waals surface area (Å²) in [4.78, 5) is 15.2. The topological polar surface area (TPSA) is 72.3 Å². The highest BCUT2D eigenvalue weighted by molar-refractivity contribution is 6.31. The number of hydrogen-bond acceptors (Lipinski definition) is 5. The number of nitrogens with one attached hydrogen (secondary N) is 1. The Hall–Kier alpha value is -2.52. The first kappa shape index (κ1) is 22.7. The minimum absolute atomic E-state index is 0.0294. The van der Waals surface area contributed by atoms with E-state index in [4.69, 9.17) is 27.9 Å². The third kappa shape index (κ3) is 4.94. The Morgan fingerprint density at radius 1 is 1.22 bits per heavy atom. The van der Waals surface area contributed by atoms with E-state index in [1.54, 1.807) is 6.92 Å². The largest absolute Gasteiger partial charge is 0.379 e. The van der Waals surface area contributed by atoms with Crippen molar-refractivity contribution in [2.45, 2.75) is 13.0 Å². The molecule has 10 heteroatoms. The van der Waals surface area contributed by atoms with Gasteiger partial charge in [-0.15, -0.1) is 5.10 Å². The van der Waals surface area contributed by atoms with E-state index in [2.05, 4.69) is 20.5 Å². The van der Waals surface area contributed by atoms with Crippen LogP contribution in [0, 0.1) is 12.7 Å². The number of amides is 1. The first-order chi connectivity index (χ1) is 15.4. The molecular formula is C22H22Cl2FN5O2. The SMILES string of the molecule is Cc1c(C(=O)NCC(c2cccc(Cl)c2)N2CCOCC2)nnn1-c1ccc(F)c(Cl)c1. The maximum absolute atomic E-state index is 13.5. The van der Waals surface area contributed by atoms with Crippen molar-refractivity contribution in [2.75, 3.05) is 32.8 Å². The maximum atomic E-state index is 13.5. The molecule has 1 amide bonds. The zero-order valence-electron chi connectivity index (χ0n) is 17.4. The average molecular weight is 478 g/mol. The molecule has 0 aliphatic carbocycles. The van der Waals surface area contributed by atoms with Gasteiger partial charge in [-0.25, -0.2) is 9.07 Å². The predicted molar refractivity (Wildman–Crippen MR) is 120 cm³/mol. The monoisotopic (exact) mass is 477 g/mol. The summed E-state index contributed by atoms with van der Waals surface area (Å²) in [7, 11) is 0. The molecule has 32 heavy (non-hydrogen) atoms. The van der Waals surface area contributed by atoms with E-state index < -0.39 is 5.82 Å². The van der Waals surface area contributed by atoms with Gasteiger partial charge >= 0.3 is 0 Å². The molecule has 1 aromatic heterocycles. The highest BCUT2D eigenvalue weighted by Gasteiger charge is 2.25. The van der Waals surface area contributed by atoms with Crippen LogP contribution in [0.2, 0.25) is 10.0 Å². The third-order valence-electron chi connectivity index (χ3n) is 5.43. The summed E-state index contributed by atoms with van der Waals surface area (Å²) in [5.74, 6) is -0.872. The van der Waals surface area contributed by atoms with Crippen LogP contribution < -0.4 is 5.32 Å². The second-order valence-corrected chi connectivity index (χ2v) is 8.31. The predicted octanol–water partition coefficient (Wildman–Crippen LogP) is 3.82. The minimum atomic E-state index is -0.527. The lowest BCUT2D eigenvalue weighted by atomic mass is 10.0. The number of halogens is 3. The van der Waals surface area contributed by atoms with Crippen LogP contribution >= 0.6 is 23.2 Å². The number of carbonyl (C=O) groups is 1. The van der Waals surface area contributed by atoms with Crippen LogP contribution in [0.3, 0.4) is 0 Å². The third-order valence-corrected chi connectivity index (χ3v) is 5.96. The molecular weight excluding hydrogens is 456 g/mol. The van der Waals surface area contributed by atoms with Crippen molar-refractivity contribution >= 4 is 29.1 Å². The molecule has 1 unspecified atom stereocenters. The van der Waals surface area contributed by atoms with Crippen LogP contribution in [-0.2, 0) is 4.74 Å². The molecule has 0 saturated carbocycles. The number of carbonyl (C=O) groups excluding carboxylic acids is 1. The van der Waals surface area contributed by atoms with Gasteiger partial charge in [-0.1, -0.05) is 40.5 Å². The Morgan fingerprint density at radius 3 is 2.72 bits per heavy atom. The van der Waals surface area contributed by atoms with E-state index in [1.165, 1.54) is 22.9 Å². The second kappa shape index (κ2) is 9.95. The molecule has 3 aromatic rings. The van der Waals surface area contributed by atoms with E-state index in [0.29, 0.717) is 36.2 Å². The fraction of sp³-hybridized carbons (Fsp3) is 0.318. The first-order valence-electron chi connectivity index (χ1n) is 10.2. The van der Waals surface area contributed by atoms with E-state index in [1.807, 2.05) is 24.3 Å². The summed E-state index contributed by atoms with van der Waals surface area (Å²) in [5, 5.41) is 11.7. The van der Waals surface area contributed by atoms with Crippen LogP contribution in [0.1, 0.15) is 27.8 Å². The zero-order chi connectivity index (χ0) is 22.7. The summed E-state index contributed by atoms with van der Waals surface area (Å²) < 4.78 is 20.4.